The van der Waals surface area contributed by atoms with Crippen LogP contribution >= 0.6 is 11.6 Å². The molecule has 4 nitrogen and oxygen atoms in total. The third-order valence-electron chi connectivity index (χ3n) is 5.45. The average molecular weight is 384 g/mol. The van der Waals surface area contributed by atoms with Gasteiger partial charge < -0.3 is 15.5 Å². The number of nitrogens with zero attached hydrogens (tertiary/aromatic N) is 1. The van der Waals surface area contributed by atoms with Gasteiger partial charge in [0, 0.05) is 48.9 Å². The van der Waals surface area contributed by atoms with Crippen molar-refractivity contribution in [2.24, 2.45) is 5.92 Å². The van der Waals surface area contributed by atoms with E-state index in [2.05, 4.69) is 46.8 Å². The lowest BCUT2D eigenvalue weighted by Crippen LogP contribution is -2.31. The topological polar surface area (TPSA) is 44.4 Å². The number of carbonyl (C=O) groups excluding carboxylic acids is 1. The third kappa shape index (κ3) is 4.28. The maximum atomic E-state index is 11.3. The average Bonchev–Trinajstić information content (AvgIpc) is 3.45. The first-order valence-corrected chi connectivity index (χ1v) is 9.99. The molecule has 5 heteroatoms. The zero-order chi connectivity index (χ0) is 19.0. The van der Waals surface area contributed by atoms with Gasteiger partial charge in [0.15, 0.2) is 0 Å². The number of hydrogen-bond donors (Lipinski definition) is 2. The van der Waals surface area contributed by atoms with E-state index < -0.39 is 0 Å². The molecule has 0 radical (unpaired) electrons. The summed E-state index contributed by atoms with van der Waals surface area (Å²) < 4.78 is 0. The Bertz CT molecular complexity index is 845. The van der Waals surface area contributed by atoms with E-state index >= 15 is 0 Å². The van der Waals surface area contributed by atoms with Crippen LogP contribution in [0.3, 0.4) is 0 Å². The zero-order valence-electron chi connectivity index (χ0n) is 15.9. The van der Waals surface area contributed by atoms with Gasteiger partial charge in [-0.15, -0.1) is 0 Å². The summed E-state index contributed by atoms with van der Waals surface area (Å²) in [6.45, 7) is 4.38. The molecule has 1 atom stereocenters. The van der Waals surface area contributed by atoms with E-state index in [1.807, 2.05) is 12.1 Å². The Labute approximate surface area is 165 Å². The van der Waals surface area contributed by atoms with Crippen LogP contribution in [0.5, 0.6) is 0 Å². The van der Waals surface area contributed by atoms with Crippen LogP contribution in [0.4, 0.5) is 11.4 Å². The molecule has 27 heavy (non-hydrogen) atoms. The molecule has 4 rings (SSSR count). The van der Waals surface area contributed by atoms with Crippen molar-refractivity contribution in [1.29, 1.82) is 0 Å². The summed E-state index contributed by atoms with van der Waals surface area (Å²) in [6, 6.07) is 12.5. The molecule has 0 aromatic heterocycles. The predicted octanol–water partition coefficient (Wildman–Crippen LogP) is 4.70. The lowest BCUT2D eigenvalue weighted by Gasteiger charge is -2.34. The molecule has 1 saturated carbocycles. The fourth-order valence-corrected chi connectivity index (χ4v) is 4.14. The maximum Gasteiger partial charge on any atom is 0.221 e. The van der Waals surface area contributed by atoms with E-state index in [4.69, 9.17) is 11.6 Å². The molecule has 1 unspecified atom stereocenters. The molecule has 0 spiro atoms. The number of nitrogens with one attached hydrogen (secondary N) is 2. The smallest absolute Gasteiger partial charge is 0.221 e. The van der Waals surface area contributed by atoms with Gasteiger partial charge in [-0.3, -0.25) is 4.79 Å². The van der Waals surface area contributed by atoms with Gasteiger partial charge in [0.1, 0.15) is 0 Å². The van der Waals surface area contributed by atoms with Crippen LogP contribution in [-0.2, 0) is 11.3 Å². The number of hydrogen-bond acceptors (Lipinski definition) is 3. The van der Waals surface area contributed by atoms with Gasteiger partial charge in [0.25, 0.3) is 0 Å². The maximum absolute atomic E-state index is 11.3. The Morgan fingerprint density at radius 1 is 1.19 bits per heavy atom. The number of likely N-dealkylation sites (N-methyl/N-ethyl adjacent to an activating group) is 1. The van der Waals surface area contributed by atoms with Crippen molar-refractivity contribution < 1.29 is 4.79 Å². The number of fused-ring (bicyclic) bond motifs is 1. The fraction of sp³-hybridized carbons (Fsp3) is 0.409. The van der Waals surface area contributed by atoms with Crippen LogP contribution in [-0.4, -0.2) is 30.9 Å². The normalized spacial score (nSPS) is 19.4. The molecule has 142 valence electrons. The predicted molar refractivity (Wildman–Crippen MR) is 112 cm³/mol. The zero-order valence-corrected chi connectivity index (χ0v) is 16.6. The lowest BCUT2D eigenvalue weighted by molar-refractivity contribution is -0.114. The number of amides is 1. The molecular weight excluding hydrogens is 358 g/mol. The Morgan fingerprint density at radius 3 is 2.59 bits per heavy atom. The summed E-state index contributed by atoms with van der Waals surface area (Å²) in [6.07, 6.45) is 2.67. The quantitative estimate of drug-likeness (QED) is 0.786. The van der Waals surface area contributed by atoms with E-state index in [-0.39, 0.29) is 11.8 Å². The van der Waals surface area contributed by atoms with E-state index in [0.717, 1.165) is 41.9 Å². The number of benzene rings is 2. The van der Waals surface area contributed by atoms with E-state index in [9.17, 15) is 4.79 Å². The Morgan fingerprint density at radius 2 is 1.93 bits per heavy atom. The highest BCUT2D eigenvalue weighted by atomic mass is 35.5. The van der Waals surface area contributed by atoms with Crippen LogP contribution < -0.4 is 10.6 Å². The summed E-state index contributed by atoms with van der Waals surface area (Å²) >= 11 is 6.66. The van der Waals surface area contributed by atoms with E-state index in [0.29, 0.717) is 0 Å². The molecule has 2 N–H and O–H groups in total. The largest absolute Gasteiger partial charge is 0.385 e. The molecule has 2 aliphatic rings. The monoisotopic (exact) mass is 383 g/mol. The highest BCUT2D eigenvalue weighted by Crippen LogP contribution is 2.39. The molecule has 2 aromatic rings. The van der Waals surface area contributed by atoms with Gasteiger partial charge in [0.2, 0.25) is 5.91 Å². The van der Waals surface area contributed by atoms with Crippen molar-refractivity contribution in [3.8, 4) is 0 Å². The molecule has 0 bridgehead atoms. The summed E-state index contributed by atoms with van der Waals surface area (Å²) in [5, 5.41) is 7.24. The summed E-state index contributed by atoms with van der Waals surface area (Å²) in [7, 11) is 2.14. The molecule has 1 aliphatic carbocycles. The lowest BCUT2D eigenvalue weighted by atomic mass is 9.84. The Balaban J connectivity index is 1.64. The highest BCUT2D eigenvalue weighted by Gasteiger charge is 2.27. The van der Waals surface area contributed by atoms with Gasteiger partial charge in [0.05, 0.1) is 0 Å². The van der Waals surface area contributed by atoms with Crippen LogP contribution in [0, 0.1) is 5.92 Å². The van der Waals surface area contributed by atoms with E-state index in [1.165, 1.54) is 36.5 Å². The summed E-state index contributed by atoms with van der Waals surface area (Å²) in [5.41, 5.74) is 5.72. The van der Waals surface area contributed by atoms with Crippen molar-refractivity contribution in [2.45, 2.75) is 32.2 Å². The van der Waals surface area contributed by atoms with Gasteiger partial charge in [-0.2, -0.15) is 0 Å². The standard InChI is InChI=1S/C22H26ClN3O/c1-14(27)25-17-7-5-16(6-8-17)20-12-26(2)13-21-19(20)9-18(10-22(21)23)24-11-15-3-4-15/h5-10,15,20,24H,3-4,11-13H2,1-2H3,(H,25,27). The highest BCUT2D eigenvalue weighted by molar-refractivity contribution is 6.31. The minimum Gasteiger partial charge on any atom is -0.385 e. The van der Waals surface area contributed by atoms with Gasteiger partial charge in [-0.05, 0) is 66.8 Å². The van der Waals surface area contributed by atoms with Gasteiger partial charge >= 0.3 is 0 Å². The second-order valence-electron chi connectivity index (χ2n) is 7.90. The Kier molecular flexibility index (Phi) is 5.11. The third-order valence-corrected chi connectivity index (χ3v) is 5.79. The first kappa shape index (κ1) is 18.3. The van der Waals surface area contributed by atoms with Crippen molar-refractivity contribution in [2.75, 3.05) is 30.8 Å². The van der Waals surface area contributed by atoms with Crippen molar-refractivity contribution in [3.05, 3.63) is 58.1 Å². The Hall–Kier alpha value is -2.04. The fourth-order valence-electron chi connectivity index (χ4n) is 3.85. The SMILES string of the molecule is CC(=O)Nc1ccc(C2CN(C)Cc3c(Cl)cc(NCC4CC4)cc32)cc1. The minimum absolute atomic E-state index is 0.0522. The number of anilines is 2. The molecule has 2 aromatic carbocycles. The van der Waals surface area contributed by atoms with Crippen LogP contribution in [0.25, 0.3) is 0 Å². The molecular formula is C22H26ClN3O. The van der Waals surface area contributed by atoms with E-state index in [1.54, 1.807) is 0 Å². The van der Waals surface area contributed by atoms with Crippen LogP contribution in [0.2, 0.25) is 5.02 Å². The number of carbonyl (C=O) groups is 1. The minimum atomic E-state index is -0.0522. The summed E-state index contributed by atoms with van der Waals surface area (Å²) in [4.78, 5) is 13.6. The summed E-state index contributed by atoms with van der Waals surface area (Å²) in [5.74, 6) is 1.04. The molecule has 1 amide bonds. The first-order valence-electron chi connectivity index (χ1n) is 9.62. The van der Waals surface area contributed by atoms with Crippen LogP contribution in [0.15, 0.2) is 36.4 Å². The van der Waals surface area contributed by atoms with Gasteiger partial charge in [-0.1, -0.05) is 23.7 Å². The van der Waals surface area contributed by atoms with Crippen molar-refractivity contribution in [1.82, 2.24) is 4.90 Å². The molecule has 1 fully saturated rings. The molecule has 1 aliphatic heterocycles. The number of rotatable bonds is 5. The van der Waals surface area contributed by atoms with Crippen molar-refractivity contribution >= 4 is 28.9 Å². The number of halogens is 1. The second-order valence-corrected chi connectivity index (χ2v) is 8.31. The van der Waals surface area contributed by atoms with Gasteiger partial charge in [-0.25, -0.2) is 0 Å². The van der Waals surface area contributed by atoms with Crippen LogP contribution in [0.1, 0.15) is 42.4 Å². The molecule has 1 heterocycles. The first-order chi connectivity index (χ1) is 13.0. The molecule has 0 saturated heterocycles. The second kappa shape index (κ2) is 7.53. The van der Waals surface area contributed by atoms with Crippen molar-refractivity contribution in [3.63, 3.8) is 0 Å².